The van der Waals surface area contributed by atoms with Gasteiger partial charge in [0.05, 0.1) is 18.8 Å². The molecule has 1 heterocycles. The van der Waals surface area contributed by atoms with Gasteiger partial charge in [-0.2, -0.15) is 0 Å². The van der Waals surface area contributed by atoms with Gasteiger partial charge in [-0.3, -0.25) is 4.79 Å². The molecule has 1 amide bonds. The molecular weight excluding hydrogens is 194 g/mol. The Hall–Kier alpha value is -0.660. The van der Waals surface area contributed by atoms with Crippen molar-refractivity contribution in [1.29, 1.82) is 0 Å². The summed E-state index contributed by atoms with van der Waals surface area (Å²) < 4.78 is 23.8. The van der Waals surface area contributed by atoms with E-state index in [1.54, 1.807) is 0 Å². The Morgan fingerprint density at radius 1 is 1.62 bits per heavy atom. The van der Waals surface area contributed by atoms with Crippen molar-refractivity contribution < 1.29 is 13.2 Å². The fourth-order valence-corrected chi connectivity index (χ4v) is 1.57. The number of rotatable bonds is 3. The Balaban J connectivity index is 2.33. The molecule has 0 aromatic rings. The molecule has 13 heavy (non-hydrogen) atoms. The third-order valence-electron chi connectivity index (χ3n) is 1.63. The smallest absolute Gasteiger partial charge is 0.234 e. The van der Waals surface area contributed by atoms with Crippen molar-refractivity contribution in [2.24, 2.45) is 0 Å². The van der Waals surface area contributed by atoms with Gasteiger partial charge in [0.25, 0.3) is 0 Å². The zero-order valence-corrected chi connectivity index (χ0v) is 8.15. The molecule has 0 aliphatic carbocycles. The van der Waals surface area contributed by atoms with Crippen LogP contribution in [0.3, 0.4) is 0 Å². The monoisotopic (exact) mass is 207 g/mol. The molecule has 1 saturated heterocycles. The molecule has 1 fully saturated rings. The van der Waals surface area contributed by atoms with E-state index in [2.05, 4.69) is 15.4 Å². The first-order valence-electron chi connectivity index (χ1n) is 3.92. The number of carbonyl (C=O) groups is 1. The number of hydrogen-bond acceptors (Lipinski definition) is 4. The molecule has 1 unspecified atom stereocenters. The van der Waals surface area contributed by atoms with Crippen molar-refractivity contribution in [2.45, 2.75) is 6.04 Å². The summed E-state index contributed by atoms with van der Waals surface area (Å²) in [7, 11) is -3.17. The van der Waals surface area contributed by atoms with Gasteiger partial charge < -0.3 is 10.6 Å². The van der Waals surface area contributed by atoms with E-state index in [1.165, 1.54) is 0 Å². The summed E-state index contributed by atoms with van der Waals surface area (Å²) >= 11 is 0. The molecule has 0 aromatic carbocycles. The third kappa shape index (κ3) is 4.20. The molecule has 1 aliphatic rings. The Morgan fingerprint density at radius 2 is 2.31 bits per heavy atom. The van der Waals surface area contributed by atoms with Crippen molar-refractivity contribution in [2.75, 3.05) is 25.9 Å². The lowest BCUT2D eigenvalue weighted by molar-refractivity contribution is -0.122. The summed E-state index contributed by atoms with van der Waals surface area (Å²) in [5.74, 6) is -0.105. The summed E-state index contributed by atoms with van der Waals surface area (Å²) in [6, 6.07) is -0.157. The number of carbonyl (C=O) groups excluding carboxylic acids is 1. The topological polar surface area (TPSA) is 87.3 Å². The molecule has 6 nitrogen and oxygen atoms in total. The average molecular weight is 207 g/mol. The molecule has 0 bridgehead atoms. The van der Waals surface area contributed by atoms with Crippen molar-refractivity contribution in [3.63, 3.8) is 0 Å². The number of hydrogen-bond donors (Lipinski definition) is 3. The minimum atomic E-state index is -3.17. The molecular formula is C6H13N3O3S. The Labute approximate surface area is 77.1 Å². The van der Waals surface area contributed by atoms with Crippen LogP contribution in [0.15, 0.2) is 0 Å². The fraction of sp³-hybridized carbons (Fsp3) is 0.833. The lowest BCUT2D eigenvalue weighted by atomic mass is 10.2. The quantitative estimate of drug-likeness (QED) is 0.482. The zero-order valence-electron chi connectivity index (χ0n) is 7.33. The lowest BCUT2D eigenvalue weighted by Crippen LogP contribution is -2.56. The standard InChI is InChI=1S/C6H13N3O3S/c1-13(11,12)8-3-5-2-7-4-6(10)9-5/h5,7-8H,2-4H2,1H3,(H,9,10). The lowest BCUT2D eigenvalue weighted by Gasteiger charge is -2.23. The van der Waals surface area contributed by atoms with Gasteiger partial charge >= 0.3 is 0 Å². The molecule has 1 rings (SSSR count). The zero-order chi connectivity index (χ0) is 9.90. The molecule has 0 saturated carbocycles. The van der Waals surface area contributed by atoms with Gasteiger partial charge in [-0.1, -0.05) is 0 Å². The van der Waals surface area contributed by atoms with E-state index in [1.807, 2.05) is 0 Å². The largest absolute Gasteiger partial charge is 0.350 e. The van der Waals surface area contributed by atoms with E-state index in [-0.39, 0.29) is 18.5 Å². The summed E-state index contributed by atoms with van der Waals surface area (Å²) in [5, 5.41) is 5.53. The van der Waals surface area contributed by atoms with Crippen LogP contribution in [0.4, 0.5) is 0 Å². The molecule has 0 aromatic heterocycles. The van der Waals surface area contributed by atoms with E-state index < -0.39 is 10.0 Å². The van der Waals surface area contributed by atoms with Crippen LogP contribution in [0.2, 0.25) is 0 Å². The SMILES string of the molecule is CS(=O)(=O)NCC1CNCC(=O)N1. The molecule has 0 spiro atoms. The summed E-state index contributed by atoms with van der Waals surface area (Å²) in [6.07, 6.45) is 1.09. The second kappa shape index (κ2) is 4.03. The third-order valence-corrected chi connectivity index (χ3v) is 2.32. The number of amides is 1. The van der Waals surface area contributed by atoms with E-state index in [4.69, 9.17) is 0 Å². The van der Waals surface area contributed by atoms with Gasteiger partial charge in [0.15, 0.2) is 0 Å². The second-order valence-corrected chi connectivity index (χ2v) is 4.85. The van der Waals surface area contributed by atoms with Crippen LogP contribution in [0.1, 0.15) is 0 Å². The van der Waals surface area contributed by atoms with Crippen LogP contribution in [-0.4, -0.2) is 46.3 Å². The van der Waals surface area contributed by atoms with Gasteiger partial charge in [0, 0.05) is 13.1 Å². The summed E-state index contributed by atoms with van der Waals surface area (Å²) in [5.41, 5.74) is 0. The van der Waals surface area contributed by atoms with Gasteiger partial charge in [0.1, 0.15) is 0 Å². The highest BCUT2D eigenvalue weighted by molar-refractivity contribution is 7.88. The summed E-state index contributed by atoms with van der Waals surface area (Å²) in [6.45, 7) is 1.13. The van der Waals surface area contributed by atoms with Gasteiger partial charge in [-0.15, -0.1) is 0 Å². The van der Waals surface area contributed by atoms with E-state index in [0.29, 0.717) is 13.1 Å². The van der Waals surface area contributed by atoms with Crippen molar-refractivity contribution >= 4 is 15.9 Å². The second-order valence-electron chi connectivity index (χ2n) is 3.02. The maximum absolute atomic E-state index is 10.8. The molecule has 76 valence electrons. The minimum Gasteiger partial charge on any atom is -0.350 e. The predicted octanol–water partition coefficient (Wildman–Crippen LogP) is -2.38. The van der Waals surface area contributed by atoms with Gasteiger partial charge in [-0.05, 0) is 0 Å². The van der Waals surface area contributed by atoms with Crippen LogP contribution < -0.4 is 15.4 Å². The number of piperazine rings is 1. The van der Waals surface area contributed by atoms with Crippen molar-refractivity contribution in [3.8, 4) is 0 Å². The Kier molecular flexibility index (Phi) is 3.23. The highest BCUT2D eigenvalue weighted by Crippen LogP contribution is 1.87. The molecule has 3 N–H and O–H groups in total. The summed E-state index contributed by atoms with van der Waals surface area (Å²) in [4.78, 5) is 10.8. The Bertz CT molecular complexity index is 287. The molecule has 0 radical (unpaired) electrons. The van der Waals surface area contributed by atoms with E-state index in [0.717, 1.165) is 6.26 Å². The van der Waals surface area contributed by atoms with Gasteiger partial charge in [0.2, 0.25) is 15.9 Å². The average Bonchev–Trinajstić information content (AvgIpc) is 2.00. The fourth-order valence-electron chi connectivity index (χ4n) is 1.06. The molecule has 1 atom stereocenters. The van der Waals surface area contributed by atoms with Crippen LogP contribution in [0, 0.1) is 0 Å². The molecule has 1 aliphatic heterocycles. The van der Waals surface area contributed by atoms with E-state index >= 15 is 0 Å². The van der Waals surface area contributed by atoms with E-state index in [9.17, 15) is 13.2 Å². The van der Waals surface area contributed by atoms with Crippen LogP contribution in [0.25, 0.3) is 0 Å². The Morgan fingerprint density at radius 3 is 2.85 bits per heavy atom. The first-order valence-corrected chi connectivity index (χ1v) is 5.81. The first kappa shape index (κ1) is 10.4. The van der Waals surface area contributed by atoms with Crippen molar-refractivity contribution in [3.05, 3.63) is 0 Å². The van der Waals surface area contributed by atoms with Gasteiger partial charge in [-0.25, -0.2) is 13.1 Å². The number of sulfonamides is 1. The predicted molar refractivity (Wildman–Crippen MR) is 47.6 cm³/mol. The highest BCUT2D eigenvalue weighted by Gasteiger charge is 2.18. The minimum absolute atomic E-state index is 0.105. The van der Waals surface area contributed by atoms with Crippen molar-refractivity contribution in [1.82, 2.24) is 15.4 Å². The van der Waals surface area contributed by atoms with Crippen LogP contribution in [0.5, 0.6) is 0 Å². The molecule has 7 heteroatoms. The highest BCUT2D eigenvalue weighted by atomic mass is 32.2. The first-order chi connectivity index (χ1) is 5.97. The maximum atomic E-state index is 10.8. The van der Waals surface area contributed by atoms with Crippen LogP contribution in [-0.2, 0) is 14.8 Å². The normalized spacial score (nSPS) is 24.1. The number of nitrogens with one attached hydrogen (secondary N) is 3. The van der Waals surface area contributed by atoms with Crippen LogP contribution >= 0.6 is 0 Å². The maximum Gasteiger partial charge on any atom is 0.234 e.